The van der Waals surface area contributed by atoms with Gasteiger partial charge in [0, 0.05) is 31.5 Å². The molecule has 1 aliphatic rings. The highest BCUT2D eigenvalue weighted by atomic mass is 19.1. The number of rotatable bonds is 3. The van der Waals surface area contributed by atoms with E-state index in [9.17, 15) is 4.39 Å². The molecule has 1 fully saturated rings. The van der Waals surface area contributed by atoms with Crippen molar-refractivity contribution >= 4 is 5.69 Å². The molecule has 0 spiro atoms. The largest absolute Gasteiger partial charge is 0.374 e. The zero-order valence-electron chi connectivity index (χ0n) is 7.70. The number of pyridine rings is 1. The Hall–Kier alpha value is -1.12. The Morgan fingerprint density at radius 2 is 2.38 bits per heavy atom. The van der Waals surface area contributed by atoms with Crippen LogP contribution in [0.5, 0.6) is 0 Å². The SMILES string of the molecule is CN(CC1CC1)c1ccnc(F)c1. The lowest BCUT2D eigenvalue weighted by atomic mass is 10.3. The van der Waals surface area contributed by atoms with E-state index in [1.165, 1.54) is 25.1 Å². The summed E-state index contributed by atoms with van der Waals surface area (Å²) in [5.74, 6) is 0.418. The molecule has 1 aromatic rings. The van der Waals surface area contributed by atoms with Crippen molar-refractivity contribution in [3.8, 4) is 0 Å². The predicted octanol–water partition coefficient (Wildman–Crippen LogP) is 2.07. The molecule has 0 unspecified atom stereocenters. The lowest BCUT2D eigenvalue weighted by Gasteiger charge is -2.18. The minimum absolute atomic E-state index is 0.403. The van der Waals surface area contributed by atoms with E-state index in [2.05, 4.69) is 9.88 Å². The molecule has 0 bridgehead atoms. The Morgan fingerprint density at radius 1 is 1.62 bits per heavy atom. The molecule has 2 nitrogen and oxygen atoms in total. The number of hydrogen-bond donors (Lipinski definition) is 0. The van der Waals surface area contributed by atoms with Gasteiger partial charge in [0.15, 0.2) is 0 Å². The third kappa shape index (κ3) is 2.17. The van der Waals surface area contributed by atoms with Crippen molar-refractivity contribution in [3.05, 3.63) is 24.3 Å². The average Bonchev–Trinajstić information content (AvgIpc) is 2.88. The quantitative estimate of drug-likeness (QED) is 0.662. The fourth-order valence-electron chi connectivity index (χ4n) is 1.42. The molecular weight excluding hydrogens is 167 g/mol. The molecule has 1 aliphatic carbocycles. The normalized spacial score (nSPS) is 15.8. The lowest BCUT2D eigenvalue weighted by Crippen LogP contribution is -2.19. The van der Waals surface area contributed by atoms with Gasteiger partial charge in [0.2, 0.25) is 5.95 Å². The van der Waals surface area contributed by atoms with E-state index in [-0.39, 0.29) is 0 Å². The van der Waals surface area contributed by atoms with Gasteiger partial charge in [0.25, 0.3) is 0 Å². The first-order valence-electron chi connectivity index (χ1n) is 4.58. The highest BCUT2D eigenvalue weighted by molar-refractivity contribution is 5.44. The van der Waals surface area contributed by atoms with Crippen LogP contribution < -0.4 is 4.90 Å². The maximum absolute atomic E-state index is 12.7. The van der Waals surface area contributed by atoms with Gasteiger partial charge in [-0.05, 0) is 24.8 Å². The average molecular weight is 180 g/mol. The van der Waals surface area contributed by atoms with E-state index in [0.29, 0.717) is 0 Å². The zero-order chi connectivity index (χ0) is 9.26. The first kappa shape index (κ1) is 8.48. The van der Waals surface area contributed by atoms with Crippen LogP contribution in [0.1, 0.15) is 12.8 Å². The van der Waals surface area contributed by atoms with Crippen molar-refractivity contribution in [1.29, 1.82) is 0 Å². The van der Waals surface area contributed by atoms with Gasteiger partial charge in [-0.2, -0.15) is 4.39 Å². The van der Waals surface area contributed by atoms with E-state index in [1.807, 2.05) is 13.1 Å². The molecule has 13 heavy (non-hydrogen) atoms. The smallest absolute Gasteiger partial charge is 0.214 e. The Kier molecular flexibility index (Phi) is 2.17. The third-order valence-electron chi connectivity index (χ3n) is 2.38. The van der Waals surface area contributed by atoms with Crippen LogP contribution >= 0.6 is 0 Å². The van der Waals surface area contributed by atoms with Crippen molar-refractivity contribution in [1.82, 2.24) is 4.98 Å². The van der Waals surface area contributed by atoms with Crippen LogP contribution in [0, 0.1) is 11.9 Å². The van der Waals surface area contributed by atoms with Crippen LogP contribution in [0.25, 0.3) is 0 Å². The van der Waals surface area contributed by atoms with E-state index in [0.717, 1.165) is 18.2 Å². The maximum Gasteiger partial charge on any atom is 0.214 e. The van der Waals surface area contributed by atoms with Gasteiger partial charge in [-0.25, -0.2) is 4.98 Å². The first-order valence-corrected chi connectivity index (χ1v) is 4.58. The first-order chi connectivity index (χ1) is 6.25. The van der Waals surface area contributed by atoms with Gasteiger partial charge < -0.3 is 4.90 Å². The number of halogens is 1. The monoisotopic (exact) mass is 180 g/mol. The van der Waals surface area contributed by atoms with E-state index >= 15 is 0 Å². The summed E-state index contributed by atoms with van der Waals surface area (Å²) in [4.78, 5) is 5.61. The van der Waals surface area contributed by atoms with Crippen molar-refractivity contribution in [2.45, 2.75) is 12.8 Å². The zero-order valence-corrected chi connectivity index (χ0v) is 7.70. The molecule has 0 N–H and O–H groups in total. The summed E-state index contributed by atoms with van der Waals surface area (Å²) in [5, 5.41) is 0. The van der Waals surface area contributed by atoms with Gasteiger partial charge in [-0.1, -0.05) is 0 Å². The highest BCUT2D eigenvalue weighted by Crippen LogP contribution is 2.30. The maximum atomic E-state index is 12.7. The fourth-order valence-corrected chi connectivity index (χ4v) is 1.42. The number of nitrogens with zero attached hydrogens (tertiary/aromatic N) is 2. The van der Waals surface area contributed by atoms with Crippen molar-refractivity contribution in [2.75, 3.05) is 18.5 Å². The molecule has 0 radical (unpaired) electrons. The number of aromatic nitrogens is 1. The molecule has 0 aliphatic heterocycles. The second kappa shape index (κ2) is 3.32. The summed E-state index contributed by atoms with van der Waals surface area (Å²) >= 11 is 0. The molecule has 70 valence electrons. The van der Waals surface area contributed by atoms with Crippen LogP contribution in [0.3, 0.4) is 0 Å². The van der Waals surface area contributed by atoms with Gasteiger partial charge in [-0.3, -0.25) is 0 Å². The van der Waals surface area contributed by atoms with Crippen LogP contribution in [0.4, 0.5) is 10.1 Å². The molecule has 1 saturated carbocycles. The molecule has 0 saturated heterocycles. The summed E-state index contributed by atoms with van der Waals surface area (Å²) in [7, 11) is 1.99. The van der Waals surface area contributed by atoms with Crippen molar-refractivity contribution in [3.63, 3.8) is 0 Å². The van der Waals surface area contributed by atoms with Gasteiger partial charge in [-0.15, -0.1) is 0 Å². The lowest BCUT2D eigenvalue weighted by molar-refractivity contribution is 0.583. The Bertz CT molecular complexity index is 297. The summed E-state index contributed by atoms with van der Waals surface area (Å²) < 4.78 is 12.7. The summed E-state index contributed by atoms with van der Waals surface area (Å²) in [6.07, 6.45) is 4.14. The van der Waals surface area contributed by atoms with Gasteiger partial charge >= 0.3 is 0 Å². The van der Waals surface area contributed by atoms with Crippen LogP contribution in [0.15, 0.2) is 18.3 Å². The molecule has 1 heterocycles. The topological polar surface area (TPSA) is 16.1 Å². The van der Waals surface area contributed by atoms with E-state index in [4.69, 9.17) is 0 Å². The van der Waals surface area contributed by atoms with E-state index < -0.39 is 5.95 Å². The number of hydrogen-bond acceptors (Lipinski definition) is 2. The second-order valence-corrected chi connectivity index (χ2v) is 3.66. The Balaban J connectivity index is 2.04. The molecule has 1 aromatic heterocycles. The minimum Gasteiger partial charge on any atom is -0.374 e. The highest BCUT2D eigenvalue weighted by Gasteiger charge is 2.22. The predicted molar refractivity (Wildman–Crippen MR) is 50.2 cm³/mol. The molecule has 0 amide bonds. The standard InChI is InChI=1S/C10H13FN2/c1-13(7-8-2-3-8)9-4-5-12-10(11)6-9/h4-6,8H,2-3,7H2,1H3. The van der Waals surface area contributed by atoms with Crippen molar-refractivity contribution < 1.29 is 4.39 Å². The molecule has 0 atom stereocenters. The van der Waals surface area contributed by atoms with Crippen molar-refractivity contribution in [2.24, 2.45) is 5.92 Å². The van der Waals surface area contributed by atoms with Crippen LogP contribution in [-0.4, -0.2) is 18.6 Å². The molecule has 2 rings (SSSR count). The molecular formula is C10H13FN2. The van der Waals surface area contributed by atoms with E-state index in [1.54, 1.807) is 0 Å². The summed E-state index contributed by atoms with van der Waals surface area (Å²) in [6, 6.07) is 3.31. The van der Waals surface area contributed by atoms with Gasteiger partial charge in [0.05, 0.1) is 0 Å². The van der Waals surface area contributed by atoms with Crippen LogP contribution in [-0.2, 0) is 0 Å². The number of anilines is 1. The Labute approximate surface area is 77.4 Å². The van der Waals surface area contributed by atoms with Crippen LogP contribution in [0.2, 0.25) is 0 Å². The summed E-state index contributed by atoms with van der Waals surface area (Å²) in [5.41, 5.74) is 0.916. The minimum atomic E-state index is -0.403. The molecule has 0 aromatic carbocycles. The summed E-state index contributed by atoms with van der Waals surface area (Å²) in [6.45, 7) is 1.03. The second-order valence-electron chi connectivity index (χ2n) is 3.66. The third-order valence-corrected chi connectivity index (χ3v) is 2.38. The van der Waals surface area contributed by atoms with Gasteiger partial charge in [0.1, 0.15) is 0 Å². The molecule has 3 heteroatoms. The Morgan fingerprint density at radius 3 is 3.00 bits per heavy atom. The fraction of sp³-hybridized carbons (Fsp3) is 0.500.